The minimum Gasteiger partial charge on any atom is -0.497 e. The zero-order valence-electron chi connectivity index (χ0n) is 18.1. The minimum atomic E-state index is -0.326. The van der Waals surface area contributed by atoms with Gasteiger partial charge in [-0.15, -0.1) is 0 Å². The number of hydrogen-bond acceptors (Lipinski definition) is 3. The van der Waals surface area contributed by atoms with Crippen LogP contribution in [-0.4, -0.2) is 22.8 Å². The molecule has 0 saturated heterocycles. The fourth-order valence-corrected chi connectivity index (χ4v) is 3.74. The number of methoxy groups -OCH3 is 1. The van der Waals surface area contributed by atoms with Gasteiger partial charge in [0, 0.05) is 36.0 Å². The van der Waals surface area contributed by atoms with E-state index < -0.39 is 0 Å². The molecule has 0 bridgehead atoms. The largest absolute Gasteiger partial charge is 0.497 e. The topological polar surface area (TPSA) is 56.2 Å². The lowest BCUT2D eigenvalue weighted by Crippen LogP contribution is -2.23. The molecular formula is C26H23ClFN3O2. The Morgan fingerprint density at radius 2 is 1.88 bits per heavy atom. The van der Waals surface area contributed by atoms with Crippen LogP contribution in [0.15, 0.2) is 78.9 Å². The smallest absolute Gasteiger partial charge is 0.220 e. The highest BCUT2D eigenvalue weighted by Gasteiger charge is 2.14. The van der Waals surface area contributed by atoms with E-state index in [0.717, 1.165) is 22.6 Å². The molecule has 0 atom stereocenters. The van der Waals surface area contributed by atoms with E-state index in [9.17, 15) is 9.18 Å². The van der Waals surface area contributed by atoms with Crippen molar-refractivity contribution in [1.29, 1.82) is 0 Å². The molecule has 0 radical (unpaired) electrons. The lowest BCUT2D eigenvalue weighted by Gasteiger charge is -2.09. The van der Waals surface area contributed by atoms with Gasteiger partial charge in [-0.2, -0.15) is 5.10 Å². The van der Waals surface area contributed by atoms with Crippen LogP contribution in [0.4, 0.5) is 4.39 Å². The van der Waals surface area contributed by atoms with Crippen LogP contribution in [0, 0.1) is 5.82 Å². The summed E-state index contributed by atoms with van der Waals surface area (Å²) in [5, 5.41) is 8.24. The predicted molar refractivity (Wildman–Crippen MR) is 127 cm³/mol. The van der Waals surface area contributed by atoms with Crippen LogP contribution in [-0.2, 0) is 17.8 Å². The number of carbonyl (C=O) groups is 1. The number of nitrogens with one attached hydrogen (secondary N) is 1. The van der Waals surface area contributed by atoms with Gasteiger partial charge >= 0.3 is 0 Å². The summed E-state index contributed by atoms with van der Waals surface area (Å²) in [6.07, 6.45) is 0.721. The maximum atomic E-state index is 13.9. The Kier molecular flexibility index (Phi) is 7.05. The minimum absolute atomic E-state index is 0.0850. The molecule has 1 aromatic heterocycles. The second-order valence-electron chi connectivity index (χ2n) is 7.55. The molecule has 1 heterocycles. The maximum Gasteiger partial charge on any atom is 0.220 e. The van der Waals surface area contributed by atoms with Gasteiger partial charge in [0.05, 0.1) is 24.2 Å². The molecule has 168 valence electrons. The summed E-state index contributed by atoms with van der Waals surface area (Å²) in [6, 6.07) is 23.1. The molecule has 3 aromatic carbocycles. The van der Waals surface area contributed by atoms with Crippen LogP contribution >= 0.6 is 11.6 Å². The lowest BCUT2D eigenvalue weighted by atomic mass is 10.1. The fraction of sp³-hybridized carbons (Fsp3) is 0.154. The summed E-state index contributed by atoms with van der Waals surface area (Å²) >= 11 is 5.99. The summed E-state index contributed by atoms with van der Waals surface area (Å²) in [5.74, 6) is 0.279. The number of rotatable bonds is 8. The molecule has 4 aromatic rings. The van der Waals surface area contributed by atoms with E-state index in [1.807, 2.05) is 54.6 Å². The van der Waals surface area contributed by atoms with Crippen molar-refractivity contribution in [2.24, 2.45) is 0 Å². The van der Waals surface area contributed by atoms with E-state index in [1.54, 1.807) is 23.9 Å². The monoisotopic (exact) mass is 463 g/mol. The highest BCUT2D eigenvalue weighted by molar-refractivity contribution is 6.30. The van der Waals surface area contributed by atoms with Crippen LogP contribution in [0.5, 0.6) is 5.75 Å². The van der Waals surface area contributed by atoms with Crippen LogP contribution in [0.3, 0.4) is 0 Å². The summed E-state index contributed by atoms with van der Waals surface area (Å²) in [4.78, 5) is 12.4. The zero-order chi connectivity index (χ0) is 23.2. The molecule has 5 nitrogen and oxygen atoms in total. The first-order chi connectivity index (χ1) is 16.0. The summed E-state index contributed by atoms with van der Waals surface area (Å²) in [7, 11) is 1.60. The van der Waals surface area contributed by atoms with E-state index in [0.29, 0.717) is 29.3 Å². The number of nitrogens with zero attached hydrogens (tertiary/aromatic N) is 2. The van der Waals surface area contributed by atoms with Gasteiger partial charge in [0.15, 0.2) is 0 Å². The highest BCUT2D eigenvalue weighted by atomic mass is 35.5. The number of halogens is 2. The van der Waals surface area contributed by atoms with Gasteiger partial charge in [-0.3, -0.25) is 4.79 Å². The predicted octanol–water partition coefficient (Wildman–Crippen LogP) is 5.59. The average molecular weight is 464 g/mol. The van der Waals surface area contributed by atoms with Crippen molar-refractivity contribution in [3.63, 3.8) is 0 Å². The third kappa shape index (κ3) is 5.79. The second kappa shape index (κ2) is 10.3. The van der Waals surface area contributed by atoms with E-state index in [4.69, 9.17) is 21.4 Å². The number of hydrogen-bond donors (Lipinski definition) is 1. The Morgan fingerprint density at radius 1 is 1.06 bits per heavy atom. The van der Waals surface area contributed by atoms with Crippen LogP contribution in [0.25, 0.3) is 16.9 Å². The molecule has 33 heavy (non-hydrogen) atoms. The van der Waals surface area contributed by atoms with Gasteiger partial charge in [0.1, 0.15) is 11.6 Å². The van der Waals surface area contributed by atoms with Crippen LogP contribution < -0.4 is 10.1 Å². The van der Waals surface area contributed by atoms with Gasteiger partial charge in [-0.25, -0.2) is 9.07 Å². The number of aryl methyl sites for hydroxylation is 1. The summed E-state index contributed by atoms with van der Waals surface area (Å²) in [6.45, 7) is 0.409. The Morgan fingerprint density at radius 3 is 2.67 bits per heavy atom. The second-order valence-corrected chi connectivity index (χ2v) is 7.99. The molecular weight excluding hydrogens is 441 g/mol. The normalized spacial score (nSPS) is 10.8. The Bertz CT molecular complexity index is 1270. The molecule has 4 rings (SSSR count). The summed E-state index contributed by atoms with van der Waals surface area (Å²) < 4.78 is 21.0. The average Bonchev–Trinajstić information content (AvgIpc) is 3.26. The van der Waals surface area contributed by atoms with E-state index >= 15 is 0 Å². The molecule has 0 fully saturated rings. The number of benzene rings is 3. The van der Waals surface area contributed by atoms with Crippen molar-refractivity contribution in [2.45, 2.75) is 19.4 Å². The first kappa shape index (κ1) is 22.6. The van der Waals surface area contributed by atoms with Gasteiger partial charge in [0.2, 0.25) is 5.91 Å². The van der Waals surface area contributed by atoms with Gasteiger partial charge in [-0.1, -0.05) is 41.9 Å². The lowest BCUT2D eigenvalue weighted by molar-refractivity contribution is -0.121. The Balaban J connectivity index is 1.53. The molecule has 1 amide bonds. The van der Waals surface area contributed by atoms with Crippen molar-refractivity contribution >= 4 is 17.5 Å². The van der Waals surface area contributed by atoms with E-state index in [-0.39, 0.29) is 18.1 Å². The van der Waals surface area contributed by atoms with Crippen LogP contribution in [0.2, 0.25) is 5.02 Å². The molecule has 0 spiro atoms. The van der Waals surface area contributed by atoms with Crippen molar-refractivity contribution in [3.05, 3.63) is 101 Å². The number of amides is 1. The Hall–Kier alpha value is -3.64. The standard InChI is InChI=1S/C26H23ClFN3O2/c1-33-24-10-4-9-23(16-24)31-25(19-6-3-8-21(28)14-19)15-22(30-31)11-12-26(32)29-17-18-5-2-7-20(27)13-18/h2-10,13-16H,11-12,17H2,1H3,(H,29,32). The van der Waals surface area contributed by atoms with Gasteiger partial charge in [0.25, 0.3) is 0 Å². The molecule has 7 heteroatoms. The Labute approximate surface area is 196 Å². The van der Waals surface area contributed by atoms with Crippen molar-refractivity contribution in [2.75, 3.05) is 7.11 Å². The fourth-order valence-electron chi connectivity index (χ4n) is 3.52. The molecule has 0 aliphatic carbocycles. The van der Waals surface area contributed by atoms with Crippen molar-refractivity contribution < 1.29 is 13.9 Å². The zero-order valence-corrected chi connectivity index (χ0v) is 18.8. The van der Waals surface area contributed by atoms with Gasteiger partial charge < -0.3 is 10.1 Å². The maximum absolute atomic E-state index is 13.9. The molecule has 0 aliphatic heterocycles. The highest BCUT2D eigenvalue weighted by Crippen LogP contribution is 2.27. The van der Waals surface area contributed by atoms with Crippen molar-refractivity contribution in [1.82, 2.24) is 15.1 Å². The van der Waals surface area contributed by atoms with E-state index in [2.05, 4.69) is 5.32 Å². The number of carbonyl (C=O) groups excluding carboxylic acids is 1. The number of ether oxygens (including phenoxy) is 1. The molecule has 0 saturated carbocycles. The molecule has 0 aliphatic rings. The molecule has 0 unspecified atom stereocenters. The van der Waals surface area contributed by atoms with Gasteiger partial charge in [-0.05, 0) is 48.0 Å². The van der Waals surface area contributed by atoms with Crippen LogP contribution in [0.1, 0.15) is 17.7 Å². The van der Waals surface area contributed by atoms with E-state index in [1.165, 1.54) is 12.1 Å². The quantitative estimate of drug-likeness (QED) is 0.370. The summed E-state index contributed by atoms with van der Waals surface area (Å²) in [5.41, 5.74) is 3.88. The SMILES string of the molecule is COc1cccc(-n2nc(CCC(=O)NCc3cccc(Cl)c3)cc2-c2cccc(F)c2)c1. The first-order valence-corrected chi connectivity index (χ1v) is 10.9. The van der Waals surface area contributed by atoms with Crippen molar-refractivity contribution in [3.8, 4) is 22.7 Å². The third-order valence-electron chi connectivity index (χ3n) is 5.17. The first-order valence-electron chi connectivity index (χ1n) is 10.5. The number of aromatic nitrogens is 2. The molecule has 1 N–H and O–H groups in total. The third-order valence-corrected chi connectivity index (χ3v) is 5.40.